The Bertz CT molecular complexity index is 2910. The number of phenolic OH excluding ortho intramolecular Hbond substituents is 4. The lowest BCUT2D eigenvalue weighted by Crippen LogP contribution is -2.27. The van der Waals surface area contributed by atoms with E-state index in [2.05, 4.69) is 95.2 Å². The van der Waals surface area contributed by atoms with Crippen molar-refractivity contribution in [1.29, 1.82) is 0 Å². The number of ether oxygens (including phenoxy) is 2. The van der Waals surface area contributed by atoms with Crippen molar-refractivity contribution in [2.75, 3.05) is 0 Å². The zero-order valence-electron chi connectivity index (χ0n) is 55.8. The summed E-state index contributed by atoms with van der Waals surface area (Å²) < 4.78 is 11.9. The van der Waals surface area contributed by atoms with Gasteiger partial charge in [-0.15, -0.1) is 0 Å². The summed E-state index contributed by atoms with van der Waals surface area (Å²) in [5.74, 6) is 0.783. The third-order valence-electron chi connectivity index (χ3n) is 17.0. The van der Waals surface area contributed by atoms with Crippen LogP contribution in [0, 0.1) is 0 Å². The van der Waals surface area contributed by atoms with E-state index in [9.17, 15) is 30.0 Å². The van der Waals surface area contributed by atoms with Crippen LogP contribution in [0.3, 0.4) is 0 Å². The van der Waals surface area contributed by atoms with Crippen LogP contribution >= 0.6 is 0 Å². The van der Waals surface area contributed by atoms with Crippen LogP contribution in [-0.2, 0) is 42.1 Å². The fraction of sp³-hybridized carbons (Fsp3) is 0.595. The molecule has 0 aromatic heterocycles. The average molecular weight is 1180 g/mol. The van der Waals surface area contributed by atoms with Crippen LogP contribution in [-0.4, -0.2) is 81.4 Å². The fourth-order valence-corrected chi connectivity index (χ4v) is 11.4. The molecule has 0 unspecified atom stereocenters. The molecule has 2 aliphatic carbocycles. The summed E-state index contributed by atoms with van der Waals surface area (Å²) >= 11 is 0. The smallest absolute Gasteiger partial charge is 0.311 e. The van der Waals surface area contributed by atoms with Crippen molar-refractivity contribution in [3.63, 3.8) is 0 Å². The number of phenols is 4. The Labute approximate surface area is 516 Å². The summed E-state index contributed by atoms with van der Waals surface area (Å²) in [5, 5.41) is 46.0. The van der Waals surface area contributed by atoms with Gasteiger partial charge in [0.05, 0.1) is 24.2 Å². The maximum absolute atomic E-state index is 13.3. The van der Waals surface area contributed by atoms with Crippen LogP contribution in [0.2, 0.25) is 0 Å². The lowest BCUT2D eigenvalue weighted by molar-refractivity contribution is -0.135. The van der Waals surface area contributed by atoms with Gasteiger partial charge in [0.1, 0.15) is 34.5 Å². The molecule has 0 amide bonds. The summed E-state index contributed by atoms with van der Waals surface area (Å²) in [6.45, 7) is 37.8. The second-order valence-electron chi connectivity index (χ2n) is 30.8. The van der Waals surface area contributed by atoms with Gasteiger partial charge in [-0.05, 0) is 119 Å². The van der Waals surface area contributed by atoms with E-state index in [1.165, 1.54) is 0 Å². The van der Waals surface area contributed by atoms with Gasteiger partial charge in [-0.1, -0.05) is 188 Å². The Hall–Kier alpha value is -6.30. The number of rotatable bonds is 19. The number of esters is 2. The van der Waals surface area contributed by atoms with Crippen molar-refractivity contribution in [3.8, 4) is 34.5 Å². The van der Waals surface area contributed by atoms with Crippen LogP contribution in [0.1, 0.15) is 283 Å². The highest BCUT2D eigenvalue weighted by Crippen LogP contribution is 2.42. The van der Waals surface area contributed by atoms with Crippen molar-refractivity contribution < 1.29 is 39.5 Å². The van der Waals surface area contributed by atoms with E-state index >= 15 is 0 Å². The third-order valence-corrected chi connectivity index (χ3v) is 17.0. The van der Waals surface area contributed by atoms with Crippen molar-refractivity contribution in [1.82, 2.24) is 0 Å². The Balaban J connectivity index is 1.01. The van der Waals surface area contributed by atoms with E-state index in [1.54, 1.807) is 36.7 Å². The molecule has 0 aliphatic heterocycles. The van der Waals surface area contributed by atoms with Gasteiger partial charge in [-0.2, -0.15) is 0 Å². The molecule has 0 spiro atoms. The van der Waals surface area contributed by atoms with E-state index in [0.29, 0.717) is 57.7 Å². The predicted molar refractivity (Wildman–Crippen MR) is 355 cm³/mol. The topological polar surface area (TPSA) is 183 Å². The zero-order valence-corrected chi connectivity index (χ0v) is 55.8. The third kappa shape index (κ3) is 19.1. The average Bonchev–Trinajstić information content (AvgIpc) is 3.34. The first-order valence-corrected chi connectivity index (χ1v) is 32.0. The largest absolute Gasteiger partial charge is 0.507 e. The number of benzene rings is 4. The van der Waals surface area contributed by atoms with Gasteiger partial charge in [0.25, 0.3) is 0 Å². The zero-order chi connectivity index (χ0) is 63.7. The van der Waals surface area contributed by atoms with E-state index in [-0.39, 0.29) is 93.6 Å². The van der Waals surface area contributed by atoms with Gasteiger partial charge in [0, 0.05) is 82.2 Å². The molecular weight excluding hydrogens is 1070 g/mol. The minimum Gasteiger partial charge on any atom is -0.507 e. The normalized spacial score (nSPS) is 18.7. The number of hydrogen-bond donors (Lipinski definition) is 4. The van der Waals surface area contributed by atoms with Crippen LogP contribution in [0.15, 0.2) is 68.5 Å². The highest BCUT2D eigenvalue weighted by molar-refractivity contribution is 5.88. The van der Waals surface area contributed by atoms with Gasteiger partial charge in [0.15, 0.2) is 0 Å². The molecule has 0 radical (unpaired) electrons. The van der Waals surface area contributed by atoms with E-state index in [4.69, 9.17) is 29.4 Å². The molecule has 0 heterocycles. The number of aromatic hydroxyl groups is 4. The SMILES string of the molecule is CC(C)(C)c1cc(C=N[C@@H]2CCCC[C@H]2N=Cc2cc(OC(=O)CCCCCCCCC(=O)Oc3cc(C=N[C@@H]4CCCC[C@H]4N=Cc4cc(C(C)(C)C)cc(C(C)(C)C)c4O)c(O)c(C(C)(C)C)c3)cc(C(C)(C)C)c2O)c(O)c(C(C)(C)C)c1. The minimum atomic E-state index is -0.443. The quantitative estimate of drug-likeness (QED) is 0.0309. The highest BCUT2D eigenvalue weighted by Gasteiger charge is 2.31. The number of nitrogens with zero attached hydrogens (tertiary/aromatic N) is 4. The molecule has 0 saturated heterocycles. The molecule has 4 aromatic rings. The number of carbonyl (C=O) groups excluding carboxylic acids is 2. The summed E-state index contributed by atoms with van der Waals surface area (Å²) in [6, 6.07) is 14.7. The van der Waals surface area contributed by atoms with E-state index < -0.39 is 10.8 Å². The first kappa shape index (κ1) is 68.8. The molecule has 4 aromatic carbocycles. The molecule has 4 N–H and O–H groups in total. The monoisotopic (exact) mass is 1180 g/mol. The number of aliphatic imine (C=N–C) groups is 4. The number of hydrogen-bond acceptors (Lipinski definition) is 12. The van der Waals surface area contributed by atoms with Crippen LogP contribution in [0.25, 0.3) is 0 Å². The molecule has 470 valence electrons. The number of carbonyl (C=O) groups is 2. The van der Waals surface area contributed by atoms with Gasteiger partial charge in [0.2, 0.25) is 0 Å². The lowest BCUT2D eigenvalue weighted by Gasteiger charge is -2.28. The number of unbranched alkanes of at least 4 members (excludes halogenated alkanes) is 5. The first-order valence-electron chi connectivity index (χ1n) is 32.0. The molecule has 2 saturated carbocycles. The Kier molecular flexibility index (Phi) is 22.6. The molecular formula is C74H106N4O8. The molecule has 2 aliphatic rings. The molecule has 12 heteroatoms. The molecule has 2 fully saturated rings. The highest BCUT2D eigenvalue weighted by atomic mass is 16.5. The first-order chi connectivity index (χ1) is 39.9. The second kappa shape index (κ2) is 28.2. The van der Waals surface area contributed by atoms with Crippen molar-refractivity contribution >= 4 is 36.8 Å². The maximum atomic E-state index is 13.3. The minimum absolute atomic E-state index is 0.101. The molecule has 12 nitrogen and oxygen atoms in total. The van der Waals surface area contributed by atoms with Crippen LogP contribution in [0.4, 0.5) is 0 Å². The lowest BCUT2D eigenvalue weighted by atomic mass is 9.79. The summed E-state index contributed by atoms with van der Waals surface area (Å²) in [6.07, 6.45) is 19.8. The molecule has 4 atom stereocenters. The van der Waals surface area contributed by atoms with Gasteiger partial charge in [-0.25, -0.2) is 0 Å². The Morgan fingerprint density at radius 3 is 0.872 bits per heavy atom. The van der Waals surface area contributed by atoms with E-state index in [0.717, 1.165) is 99.3 Å². The Morgan fingerprint density at radius 2 is 0.616 bits per heavy atom. The van der Waals surface area contributed by atoms with Gasteiger partial charge >= 0.3 is 11.9 Å². The molecule has 0 bridgehead atoms. The van der Waals surface area contributed by atoms with Crippen molar-refractivity contribution in [2.24, 2.45) is 20.0 Å². The Morgan fingerprint density at radius 1 is 0.372 bits per heavy atom. The van der Waals surface area contributed by atoms with Crippen molar-refractivity contribution in [2.45, 2.75) is 284 Å². The van der Waals surface area contributed by atoms with E-state index in [1.807, 2.05) is 66.1 Å². The maximum Gasteiger partial charge on any atom is 0.311 e. The van der Waals surface area contributed by atoms with Crippen LogP contribution in [0.5, 0.6) is 34.5 Å². The van der Waals surface area contributed by atoms with Crippen molar-refractivity contribution in [3.05, 3.63) is 104 Å². The summed E-state index contributed by atoms with van der Waals surface area (Å²) in [5.41, 5.74) is 6.15. The summed E-state index contributed by atoms with van der Waals surface area (Å²) in [4.78, 5) is 46.7. The predicted octanol–water partition coefficient (Wildman–Crippen LogP) is 17.6. The second-order valence-corrected chi connectivity index (χ2v) is 30.8. The van der Waals surface area contributed by atoms with Crippen LogP contribution < -0.4 is 9.47 Å². The summed E-state index contributed by atoms with van der Waals surface area (Å²) in [7, 11) is 0. The molecule has 6 rings (SSSR count). The fourth-order valence-electron chi connectivity index (χ4n) is 11.4. The standard InChI is InChI=1S/C74H106N4O8/c1-69(2,3)51-35-47(65(81)55(39-51)71(7,8)9)43-75-59-29-25-27-31-61(59)77-45-49-37-53(41-57(67(49)83)73(13,14)15)85-63(79)33-23-21-19-20-22-24-34-64(80)86-54-38-50(68(84)58(42-54)74(16,17)18)46-78-62-32-28-26-30-60(62)76-44-48-36-52(70(4,5)6)40-56(66(48)82)72(10,11)12/h35-46,59-62,81-84H,19-34H2,1-18H3/t59-,60-,61-,62-/m1/s1. The molecule has 86 heavy (non-hydrogen) atoms. The van der Waals surface area contributed by atoms with Gasteiger partial charge < -0.3 is 29.9 Å². The van der Waals surface area contributed by atoms with Gasteiger partial charge in [-0.3, -0.25) is 29.6 Å².